The summed E-state index contributed by atoms with van der Waals surface area (Å²) in [5, 5.41) is 10.2. The third-order valence-electron chi connectivity index (χ3n) is 1.64. The molecule has 0 aliphatic heterocycles. The van der Waals surface area contributed by atoms with Crippen molar-refractivity contribution >= 4 is 5.97 Å². The number of carbonyl (C=O) groups is 1. The summed E-state index contributed by atoms with van der Waals surface area (Å²) in [6.07, 6.45) is 4.03. The van der Waals surface area contributed by atoms with Crippen LogP contribution >= 0.6 is 0 Å². The van der Waals surface area contributed by atoms with Crippen LogP contribution in [0.2, 0.25) is 0 Å². The van der Waals surface area contributed by atoms with Crippen LogP contribution in [-0.4, -0.2) is 11.4 Å². The number of hydrogen-bond acceptors (Lipinski definition) is 2. The molecule has 1 unspecified atom stereocenters. The molecule has 0 spiro atoms. The number of carboxylic acids is 1. The smallest absolute Gasteiger partial charge is 0.550 e. The molecule has 0 fully saturated rings. The zero-order valence-electron chi connectivity index (χ0n) is 8.22. The number of carboxylic acid groups (broad SMARTS) is 1. The molecule has 0 rings (SSSR count). The van der Waals surface area contributed by atoms with Gasteiger partial charge in [-0.25, -0.2) is 0 Å². The molecule has 0 aromatic carbocycles. The fourth-order valence-corrected chi connectivity index (χ4v) is 0.818. The summed E-state index contributed by atoms with van der Waals surface area (Å²) in [7, 11) is 0. The first-order valence-electron chi connectivity index (χ1n) is 3.89. The second-order valence-corrected chi connectivity index (χ2v) is 2.72. The molecule has 0 aromatic heterocycles. The molecule has 0 saturated carbocycles. The van der Waals surface area contributed by atoms with Gasteiger partial charge in [-0.1, -0.05) is 33.1 Å². The molecule has 2 N–H and O–H groups in total. The van der Waals surface area contributed by atoms with Crippen molar-refractivity contribution in [1.29, 1.82) is 0 Å². The summed E-state index contributed by atoms with van der Waals surface area (Å²) < 4.78 is 0. The van der Waals surface area contributed by atoms with Gasteiger partial charge in [-0.05, 0) is 12.3 Å². The van der Waals surface area contributed by atoms with Crippen molar-refractivity contribution in [3.05, 3.63) is 0 Å². The number of hydrogen-bond donors (Lipinski definition) is 0. The van der Waals surface area contributed by atoms with E-state index in [0.717, 1.165) is 25.7 Å². The minimum atomic E-state index is -0.920. The average molecular weight is 184 g/mol. The van der Waals surface area contributed by atoms with Crippen LogP contribution in [0.5, 0.6) is 0 Å². The molecule has 1 atom stereocenters. The van der Waals surface area contributed by atoms with E-state index in [1.807, 2.05) is 0 Å². The molecule has 0 heterocycles. The molecule has 0 aliphatic rings. The minimum Gasteiger partial charge on any atom is -0.550 e. The third-order valence-corrected chi connectivity index (χ3v) is 1.64. The van der Waals surface area contributed by atoms with Crippen LogP contribution in [0.25, 0.3) is 0 Å². The van der Waals surface area contributed by atoms with Crippen LogP contribution in [0.4, 0.5) is 0 Å². The van der Waals surface area contributed by atoms with Gasteiger partial charge < -0.3 is 15.4 Å². The summed E-state index contributed by atoms with van der Waals surface area (Å²) in [5.41, 5.74) is 0. The van der Waals surface area contributed by atoms with E-state index in [4.69, 9.17) is 0 Å². The molecule has 0 amide bonds. The van der Waals surface area contributed by atoms with Gasteiger partial charge in [0.1, 0.15) is 0 Å². The fraction of sp³-hybridized carbons (Fsp3) is 0.875. The van der Waals surface area contributed by atoms with Crippen molar-refractivity contribution in [2.45, 2.75) is 39.5 Å². The molecule has 0 aliphatic carbocycles. The predicted molar refractivity (Wildman–Crippen MR) is 41.9 cm³/mol. The molecular formula is C8H17NaO3. The Morgan fingerprint density at radius 1 is 1.42 bits per heavy atom. The van der Waals surface area contributed by atoms with Gasteiger partial charge in [0.25, 0.3) is 0 Å². The maximum Gasteiger partial charge on any atom is 1.00 e. The summed E-state index contributed by atoms with van der Waals surface area (Å²) in [6.45, 7) is 3.80. The first-order chi connectivity index (χ1) is 4.68. The molecule has 68 valence electrons. The van der Waals surface area contributed by atoms with Crippen molar-refractivity contribution in [3.8, 4) is 0 Å². The molecule has 0 bridgehead atoms. The fourth-order valence-electron chi connectivity index (χ4n) is 0.818. The zero-order chi connectivity index (χ0) is 7.98. The van der Waals surface area contributed by atoms with Gasteiger partial charge in [-0.15, -0.1) is 0 Å². The SMILES string of the molecule is CCCCCC(C)C(=O)[O-].O.[Na+]. The predicted octanol–water partition coefficient (Wildman–Crippen LogP) is -2.87. The number of unbranched alkanes of at least 4 members (excludes halogenated alkanes) is 2. The van der Waals surface area contributed by atoms with Crippen molar-refractivity contribution < 1.29 is 44.9 Å². The van der Waals surface area contributed by atoms with E-state index in [0.29, 0.717) is 0 Å². The van der Waals surface area contributed by atoms with E-state index < -0.39 is 5.97 Å². The molecule has 4 heteroatoms. The monoisotopic (exact) mass is 184 g/mol. The van der Waals surface area contributed by atoms with E-state index in [-0.39, 0.29) is 41.0 Å². The van der Waals surface area contributed by atoms with E-state index in [2.05, 4.69) is 6.92 Å². The van der Waals surface area contributed by atoms with E-state index in [1.165, 1.54) is 0 Å². The minimum absolute atomic E-state index is 0. The zero-order valence-corrected chi connectivity index (χ0v) is 10.2. The van der Waals surface area contributed by atoms with Gasteiger partial charge >= 0.3 is 29.6 Å². The van der Waals surface area contributed by atoms with E-state index >= 15 is 0 Å². The van der Waals surface area contributed by atoms with Gasteiger partial charge in [0.2, 0.25) is 0 Å². The molecule has 12 heavy (non-hydrogen) atoms. The van der Waals surface area contributed by atoms with Gasteiger partial charge in [0.15, 0.2) is 0 Å². The molecule has 0 radical (unpaired) electrons. The Morgan fingerprint density at radius 2 is 1.92 bits per heavy atom. The van der Waals surface area contributed by atoms with Gasteiger partial charge in [0, 0.05) is 5.97 Å². The molecular weight excluding hydrogens is 167 g/mol. The van der Waals surface area contributed by atoms with Crippen LogP contribution in [0.1, 0.15) is 39.5 Å². The van der Waals surface area contributed by atoms with Crippen LogP contribution < -0.4 is 34.7 Å². The van der Waals surface area contributed by atoms with Crippen molar-refractivity contribution in [2.75, 3.05) is 0 Å². The maximum atomic E-state index is 10.2. The average Bonchev–Trinajstić information content (AvgIpc) is 1.88. The first kappa shape index (κ1) is 18.3. The Kier molecular flexibility index (Phi) is 17.4. The van der Waals surface area contributed by atoms with Gasteiger partial charge in [-0.3, -0.25) is 0 Å². The normalized spacial score (nSPS) is 10.8. The Labute approximate surface area is 96.1 Å². The van der Waals surface area contributed by atoms with E-state index in [1.54, 1.807) is 6.92 Å². The summed E-state index contributed by atoms with van der Waals surface area (Å²) in [5.74, 6) is -1.19. The Hall–Kier alpha value is 0.430. The Bertz CT molecular complexity index is 106. The maximum absolute atomic E-state index is 10.2. The van der Waals surface area contributed by atoms with Gasteiger partial charge in [0.05, 0.1) is 0 Å². The summed E-state index contributed by atoms with van der Waals surface area (Å²) >= 11 is 0. The largest absolute Gasteiger partial charge is 1.00 e. The Morgan fingerprint density at radius 3 is 2.25 bits per heavy atom. The summed E-state index contributed by atoms with van der Waals surface area (Å²) in [4.78, 5) is 10.2. The topological polar surface area (TPSA) is 71.6 Å². The second-order valence-electron chi connectivity index (χ2n) is 2.72. The van der Waals surface area contributed by atoms with Crippen LogP contribution in [0.3, 0.4) is 0 Å². The van der Waals surface area contributed by atoms with Gasteiger partial charge in [-0.2, -0.15) is 0 Å². The van der Waals surface area contributed by atoms with Crippen molar-refractivity contribution in [2.24, 2.45) is 5.92 Å². The number of aliphatic carboxylic acids is 1. The first-order valence-corrected chi connectivity index (χ1v) is 3.89. The van der Waals surface area contributed by atoms with Crippen molar-refractivity contribution in [1.82, 2.24) is 0 Å². The molecule has 0 saturated heterocycles. The standard InChI is InChI=1S/C8H16O2.Na.H2O/c1-3-4-5-6-7(2)8(9)10;;/h7H,3-6H2,1-2H3,(H,9,10);;1H2/q;+1;/p-1. The van der Waals surface area contributed by atoms with Crippen LogP contribution in [0, 0.1) is 5.92 Å². The quantitative estimate of drug-likeness (QED) is 0.340. The molecule has 0 aromatic rings. The number of carbonyl (C=O) groups excluding carboxylic acids is 1. The van der Waals surface area contributed by atoms with E-state index in [9.17, 15) is 9.90 Å². The summed E-state index contributed by atoms with van der Waals surface area (Å²) in [6, 6.07) is 0. The molecule has 3 nitrogen and oxygen atoms in total. The third kappa shape index (κ3) is 10.4. The number of rotatable bonds is 5. The van der Waals surface area contributed by atoms with Crippen LogP contribution in [-0.2, 0) is 4.79 Å². The Balaban J connectivity index is -0.000000405. The van der Waals surface area contributed by atoms with Crippen LogP contribution in [0.15, 0.2) is 0 Å². The second kappa shape index (κ2) is 11.4. The van der Waals surface area contributed by atoms with Crippen molar-refractivity contribution in [3.63, 3.8) is 0 Å².